The molecular weight excluding hydrogens is 316 g/mol. The fraction of sp³-hybridized carbons (Fsp3) is 0.154. The molecule has 1 aromatic carbocycles. The molecule has 5 nitrogen and oxygen atoms in total. The van der Waals surface area contributed by atoms with E-state index in [1.807, 2.05) is 0 Å². The average Bonchev–Trinajstić information content (AvgIpc) is 2.88. The first-order chi connectivity index (χ1) is 9.02. The molecule has 100 valence electrons. The van der Waals surface area contributed by atoms with Gasteiger partial charge in [-0.1, -0.05) is 15.9 Å². The van der Waals surface area contributed by atoms with Gasteiger partial charge < -0.3 is 19.4 Å². The van der Waals surface area contributed by atoms with Crippen molar-refractivity contribution in [2.75, 3.05) is 7.11 Å². The first kappa shape index (κ1) is 13.6. The number of benzene rings is 1. The number of carboxylic acid groups (broad SMARTS) is 1. The number of carboxylic acids is 1. The lowest BCUT2D eigenvalue weighted by molar-refractivity contribution is 0.0655. The van der Waals surface area contributed by atoms with Crippen molar-refractivity contribution in [2.24, 2.45) is 0 Å². The van der Waals surface area contributed by atoms with Crippen molar-refractivity contribution in [1.29, 1.82) is 0 Å². The molecule has 2 N–H and O–H groups in total. The molecule has 0 aliphatic rings. The molecule has 0 amide bonds. The van der Waals surface area contributed by atoms with Crippen LogP contribution in [0.4, 0.5) is 0 Å². The molecule has 1 atom stereocenters. The van der Waals surface area contributed by atoms with Gasteiger partial charge in [0.15, 0.2) is 0 Å². The largest absolute Gasteiger partial charge is 0.497 e. The molecule has 0 saturated carbocycles. The molecule has 2 aromatic rings. The molecule has 0 fully saturated rings. The van der Waals surface area contributed by atoms with E-state index in [0.717, 1.165) is 0 Å². The van der Waals surface area contributed by atoms with Crippen molar-refractivity contribution < 1.29 is 24.2 Å². The minimum absolute atomic E-state index is 0.159. The highest BCUT2D eigenvalue weighted by Gasteiger charge is 2.20. The first-order valence-corrected chi connectivity index (χ1v) is 6.16. The summed E-state index contributed by atoms with van der Waals surface area (Å²) in [6.07, 6.45) is -1.07. The Kier molecular flexibility index (Phi) is 3.92. The molecule has 1 heterocycles. The summed E-state index contributed by atoms with van der Waals surface area (Å²) in [4.78, 5) is 10.7. The molecule has 2 rings (SSSR count). The van der Waals surface area contributed by atoms with E-state index in [1.54, 1.807) is 18.2 Å². The topological polar surface area (TPSA) is 79.9 Å². The van der Waals surface area contributed by atoms with Crippen LogP contribution < -0.4 is 4.74 Å². The number of aliphatic hydroxyl groups is 1. The summed E-state index contributed by atoms with van der Waals surface area (Å²) >= 11 is 3.32. The normalized spacial score (nSPS) is 12.2. The van der Waals surface area contributed by atoms with Crippen LogP contribution in [0.25, 0.3) is 0 Å². The maximum absolute atomic E-state index is 10.7. The quantitative estimate of drug-likeness (QED) is 0.903. The Morgan fingerprint density at radius 2 is 2.11 bits per heavy atom. The fourth-order valence-corrected chi connectivity index (χ4v) is 2.09. The SMILES string of the molecule is COc1ccc(Br)c(C(O)c2ccc(C(=O)O)o2)c1. The number of aromatic carboxylic acids is 1. The predicted octanol–water partition coefficient (Wildman–Crippen LogP) is 2.83. The van der Waals surface area contributed by atoms with E-state index in [1.165, 1.54) is 19.2 Å². The molecule has 0 aliphatic heterocycles. The number of ether oxygens (including phenoxy) is 1. The van der Waals surface area contributed by atoms with Crippen LogP contribution in [0, 0.1) is 0 Å². The molecule has 0 radical (unpaired) electrons. The standard InChI is InChI=1S/C13H11BrO5/c1-18-7-2-3-9(14)8(6-7)12(15)10-4-5-11(19-10)13(16)17/h2-6,12,15H,1H3,(H,16,17). The predicted molar refractivity (Wildman–Crippen MR) is 70.4 cm³/mol. The Morgan fingerprint density at radius 1 is 1.37 bits per heavy atom. The number of halogens is 1. The lowest BCUT2D eigenvalue weighted by Gasteiger charge is -2.12. The maximum atomic E-state index is 10.7. The number of carbonyl (C=O) groups is 1. The number of aliphatic hydroxyl groups excluding tert-OH is 1. The summed E-state index contributed by atoms with van der Waals surface area (Å²) in [6.45, 7) is 0. The minimum atomic E-state index is -1.18. The zero-order valence-corrected chi connectivity index (χ0v) is 11.5. The Hall–Kier alpha value is -1.79. The van der Waals surface area contributed by atoms with E-state index in [2.05, 4.69) is 15.9 Å². The molecular formula is C13H11BrO5. The van der Waals surface area contributed by atoms with Crippen molar-refractivity contribution in [3.8, 4) is 5.75 Å². The number of rotatable bonds is 4. The van der Waals surface area contributed by atoms with Crippen LogP contribution >= 0.6 is 15.9 Å². The first-order valence-electron chi connectivity index (χ1n) is 5.37. The summed E-state index contributed by atoms with van der Waals surface area (Å²) in [7, 11) is 1.52. The maximum Gasteiger partial charge on any atom is 0.371 e. The van der Waals surface area contributed by atoms with Crippen molar-refractivity contribution >= 4 is 21.9 Å². The highest BCUT2D eigenvalue weighted by molar-refractivity contribution is 9.10. The van der Waals surface area contributed by atoms with E-state index in [4.69, 9.17) is 14.3 Å². The van der Waals surface area contributed by atoms with Crippen LogP contribution in [0.2, 0.25) is 0 Å². The van der Waals surface area contributed by atoms with Gasteiger partial charge in [-0.3, -0.25) is 0 Å². The van der Waals surface area contributed by atoms with Gasteiger partial charge in [0.1, 0.15) is 17.6 Å². The van der Waals surface area contributed by atoms with Gasteiger partial charge in [0.2, 0.25) is 5.76 Å². The third-order valence-electron chi connectivity index (χ3n) is 2.60. The monoisotopic (exact) mass is 326 g/mol. The van der Waals surface area contributed by atoms with Crippen LogP contribution in [0.5, 0.6) is 5.75 Å². The molecule has 0 aliphatic carbocycles. The summed E-state index contributed by atoms with van der Waals surface area (Å²) in [6, 6.07) is 7.86. The Morgan fingerprint density at radius 3 is 2.68 bits per heavy atom. The summed E-state index contributed by atoms with van der Waals surface area (Å²) in [5, 5.41) is 19.0. The van der Waals surface area contributed by atoms with E-state index < -0.39 is 12.1 Å². The molecule has 19 heavy (non-hydrogen) atoms. The lowest BCUT2D eigenvalue weighted by Crippen LogP contribution is -2.00. The second kappa shape index (κ2) is 5.46. The van der Waals surface area contributed by atoms with Gasteiger partial charge in [-0.15, -0.1) is 0 Å². The van der Waals surface area contributed by atoms with Crippen LogP contribution in [-0.2, 0) is 0 Å². The number of methoxy groups -OCH3 is 1. The molecule has 6 heteroatoms. The van der Waals surface area contributed by atoms with Gasteiger partial charge >= 0.3 is 5.97 Å². The van der Waals surface area contributed by atoms with Crippen LogP contribution in [-0.4, -0.2) is 23.3 Å². The smallest absolute Gasteiger partial charge is 0.371 e. The molecule has 0 saturated heterocycles. The molecule has 1 unspecified atom stereocenters. The molecule has 1 aromatic heterocycles. The zero-order valence-electron chi connectivity index (χ0n) is 9.96. The second-order valence-corrected chi connectivity index (χ2v) is 4.65. The van der Waals surface area contributed by atoms with Crippen LogP contribution in [0.3, 0.4) is 0 Å². The van der Waals surface area contributed by atoms with E-state index in [9.17, 15) is 9.90 Å². The second-order valence-electron chi connectivity index (χ2n) is 3.80. The van der Waals surface area contributed by atoms with Crippen LogP contribution in [0.15, 0.2) is 39.2 Å². The van der Waals surface area contributed by atoms with Crippen molar-refractivity contribution in [2.45, 2.75) is 6.10 Å². The summed E-state index contributed by atoms with van der Waals surface area (Å²) < 4.78 is 10.8. The van der Waals surface area contributed by atoms with Crippen molar-refractivity contribution in [1.82, 2.24) is 0 Å². The number of hydrogen-bond acceptors (Lipinski definition) is 4. The third-order valence-corrected chi connectivity index (χ3v) is 3.33. The Labute approximate surface area is 117 Å². The van der Waals surface area contributed by atoms with Crippen molar-refractivity contribution in [3.63, 3.8) is 0 Å². The average molecular weight is 327 g/mol. The van der Waals surface area contributed by atoms with Crippen molar-refractivity contribution in [3.05, 3.63) is 51.9 Å². The summed E-state index contributed by atoms with van der Waals surface area (Å²) in [5.74, 6) is -0.648. The van der Waals surface area contributed by atoms with E-state index >= 15 is 0 Å². The highest BCUT2D eigenvalue weighted by atomic mass is 79.9. The van der Waals surface area contributed by atoms with Gasteiger partial charge in [0, 0.05) is 10.0 Å². The Bertz CT molecular complexity index is 605. The van der Waals surface area contributed by atoms with Gasteiger partial charge in [-0.2, -0.15) is 0 Å². The van der Waals surface area contributed by atoms with Crippen LogP contribution in [0.1, 0.15) is 28.0 Å². The highest BCUT2D eigenvalue weighted by Crippen LogP contribution is 2.32. The lowest BCUT2D eigenvalue weighted by atomic mass is 10.1. The Balaban J connectivity index is 2.37. The third kappa shape index (κ3) is 2.80. The van der Waals surface area contributed by atoms with Gasteiger partial charge in [-0.05, 0) is 30.3 Å². The zero-order chi connectivity index (χ0) is 14.0. The number of hydrogen-bond donors (Lipinski definition) is 2. The number of furan rings is 1. The van der Waals surface area contributed by atoms with E-state index in [0.29, 0.717) is 15.8 Å². The van der Waals surface area contributed by atoms with Gasteiger partial charge in [0.05, 0.1) is 7.11 Å². The van der Waals surface area contributed by atoms with Gasteiger partial charge in [0.25, 0.3) is 0 Å². The van der Waals surface area contributed by atoms with E-state index in [-0.39, 0.29) is 11.5 Å². The summed E-state index contributed by atoms with van der Waals surface area (Å²) in [5.41, 5.74) is 0.533. The minimum Gasteiger partial charge on any atom is -0.497 e. The fourth-order valence-electron chi connectivity index (χ4n) is 1.63. The molecule has 0 bridgehead atoms. The molecule has 0 spiro atoms. The van der Waals surface area contributed by atoms with Gasteiger partial charge in [-0.25, -0.2) is 4.79 Å².